The number of hydrogen-bond acceptors (Lipinski definition) is 3. The second-order valence-electron chi connectivity index (χ2n) is 3.24. The van der Waals surface area contributed by atoms with Crippen LogP contribution < -0.4 is 10.4 Å². The first-order chi connectivity index (χ1) is 7.47. The zero-order chi connectivity index (χ0) is 12.2. The Morgan fingerprint density at radius 3 is 2.50 bits per heavy atom. The van der Waals surface area contributed by atoms with Crippen molar-refractivity contribution in [2.24, 2.45) is 0 Å². The molecule has 6 heteroatoms. The molecule has 0 aliphatic heterocycles. The van der Waals surface area contributed by atoms with E-state index in [2.05, 4.69) is 9.82 Å². The topological polar surface area (TPSA) is 55.4 Å². The lowest BCUT2D eigenvalue weighted by Gasteiger charge is -2.16. The minimum Gasteiger partial charge on any atom is -0.468 e. The van der Waals surface area contributed by atoms with Crippen LogP contribution in [0.25, 0.3) is 0 Å². The maximum Gasteiger partial charge on any atom is 0.322 e. The first kappa shape index (κ1) is 13.2. The van der Waals surface area contributed by atoms with E-state index in [1.54, 1.807) is 37.3 Å². The van der Waals surface area contributed by atoms with Gasteiger partial charge >= 0.3 is 5.97 Å². The summed E-state index contributed by atoms with van der Waals surface area (Å²) in [6, 6.07) is 7.83. The minimum absolute atomic E-state index is 0.465. The van der Waals surface area contributed by atoms with Crippen molar-refractivity contribution < 1.29 is 14.1 Å². The lowest BCUT2D eigenvalue weighted by atomic mass is 10.4. The van der Waals surface area contributed by atoms with E-state index in [0.29, 0.717) is 5.30 Å². The molecule has 0 spiro atoms. The average molecular weight is 262 g/mol. The SMILES string of the molecule is COC(=O)[C@H](C)NP(=O)(Cl)c1ccccc1. The molecule has 0 saturated heterocycles. The number of carbonyl (C=O) groups excluding carboxylic acids is 1. The highest BCUT2D eigenvalue weighted by Gasteiger charge is 2.26. The third-order valence-electron chi connectivity index (χ3n) is 2.00. The number of methoxy groups -OCH3 is 1. The van der Waals surface area contributed by atoms with Gasteiger partial charge < -0.3 is 4.74 Å². The summed E-state index contributed by atoms with van der Waals surface area (Å²) in [6.07, 6.45) is 0. The number of halogens is 1. The molecular formula is C10H13ClNO3P. The Labute approximate surface area is 99.2 Å². The van der Waals surface area contributed by atoms with Gasteiger partial charge in [0, 0.05) is 5.30 Å². The number of hydrogen-bond donors (Lipinski definition) is 1. The Bertz CT molecular complexity index is 410. The molecule has 1 unspecified atom stereocenters. The van der Waals surface area contributed by atoms with E-state index in [-0.39, 0.29) is 0 Å². The summed E-state index contributed by atoms with van der Waals surface area (Å²) in [5.41, 5.74) is 0. The van der Waals surface area contributed by atoms with Gasteiger partial charge in [-0.1, -0.05) is 18.2 Å². The van der Waals surface area contributed by atoms with E-state index in [9.17, 15) is 9.36 Å². The van der Waals surface area contributed by atoms with E-state index in [1.165, 1.54) is 7.11 Å². The van der Waals surface area contributed by atoms with Crippen molar-refractivity contribution in [2.45, 2.75) is 13.0 Å². The van der Waals surface area contributed by atoms with Crippen LogP contribution in [0.4, 0.5) is 0 Å². The Morgan fingerprint density at radius 2 is 2.00 bits per heavy atom. The molecule has 1 N–H and O–H groups in total. The molecule has 0 amide bonds. The molecule has 1 aromatic rings. The lowest BCUT2D eigenvalue weighted by molar-refractivity contribution is -0.142. The van der Waals surface area contributed by atoms with Crippen molar-refractivity contribution in [2.75, 3.05) is 7.11 Å². The van der Waals surface area contributed by atoms with Gasteiger partial charge in [0.05, 0.1) is 7.11 Å². The summed E-state index contributed by atoms with van der Waals surface area (Å²) >= 11 is 5.89. The second kappa shape index (κ2) is 5.48. The summed E-state index contributed by atoms with van der Waals surface area (Å²) in [6.45, 7) is -1.70. The van der Waals surface area contributed by atoms with Crippen molar-refractivity contribution in [3.05, 3.63) is 30.3 Å². The predicted molar refractivity (Wildman–Crippen MR) is 64.1 cm³/mol. The third kappa shape index (κ3) is 3.34. The highest BCUT2D eigenvalue weighted by Crippen LogP contribution is 2.45. The van der Waals surface area contributed by atoms with Crippen LogP contribution in [0.5, 0.6) is 0 Å². The van der Waals surface area contributed by atoms with Crippen molar-refractivity contribution in [1.82, 2.24) is 5.09 Å². The van der Waals surface area contributed by atoms with Crippen molar-refractivity contribution in [3.63, 3.8) is 0 Å². The van der Waals surface area contributed by atoms with Crippen LogP contribution in [0.3, 0.4) is 0 Å². The molecular weight excluding hydrogens is 249 g/mol. The van der Waals surface area contributed by atoms with Crippen LogP contribution in [0.1, 0.15) is 6.92 Å². The van der Waals surface area contributed by atoms with Gasteiger partial charge in [0.2, 0.25) is 0 Å². The third-order valence-corrected chi connectivity index (χ3v) is 4.56. The van der Waals surface area contributed by atoms with E-state index in [1.807, 2.05) is 0 Å². The second-order valence-corrected chi connectivity index (χ2v) is 6.51. The number of ether oxygens (including phenoxy) is 1. The van der Waals surface area contributed by atoms with Gasteiger partial charge in [0.25, 0.3) is 6.65 Å². The number of esters is 1. The maximum absolute atomic E-state index is 12.1. The van der Waals surface area contributed by atoms with E-state index >= 15 is 0 Å². The van der Waals surface area contributed by atoms with Crippen LogP contribution in [0.15, 0.2) is 30.3 Å². The molecule has 0 heterocycles. The Hall–Kier alpha value is -0.830. The zero-order valence-electron chi connectivity index (χ0n) is 9.01. The first-order valence-corrected chi connectivity index (χ1v) is 7.29. The normalized spacial score (nSPS) is 16.2. The van der Waals surface area contributed by atoms with Crippen LogP contribution >= 0.6 is 17.9 Å². The molecule has 88 valence electrons. The van der Waals surface area contributed by atoms with Gasteiger partial charge in [-0.05, 0) is 30.3 Å². The van der Waals surface area contributed by atoms with E-state index in [4.69, 9.17) is 11.2 Å². The quantitative estimate of drug-likeness (QED) is 0.664. The van der Waals surface area contributed by atoms with Gasteiger partial charge in [-0.25, -0.2) is 5.09 Å². The van der Waals surface area contributed by atoms with Crippen LogP contribution in [0.2, 0.25) is 0 Å². The average Bonchev–Trinajstić information content (AvgIpc) is 2.28. The first-order valence-electron chi connectivity index (χ1n) is 4.68. The monoisotopic (exact) mass is 261 g/mol. The molecule has 2 atom stereocenters. The number of carbonyl (C=O) groups is 1. The van der Waals surface area contributed by atoms with Crippen molar-refractivity contribution in [1.29, 1.82) is 0 Å². The fourth-order valence-corrected chi connectivity index (χ4v) is 3.26. The number of nitrogens with one attached hydrogen (secondary N) is 1. The van der Waals surface area contributed by atoms with Crippen LogP contribution in [-0.4, -0.2) is 19.1 Å². The molecule has 0 aliphatic rings. The Morgan fingerprint density at radius 1 is 1.44 bits per heavy atom. The molecule has 1 aromatic carbocycles. The molecule has 0 bridgehead atoms. The van der Waals surface area contributed by atoms with Gasteiger partial charge in [-0.3, -0.25) is 9.36 Å². The van der Waals surface area contributed by atoms with Gasteiger partial charge in [0.1, 0.15) is 6.04 Å². The van der Waals surface area contributed by atoms with Gasteiger partial charge in [0.15, 0.2) is 0 Å². The minimum atomic E-state index is -3.25. The molecule has 1 rings (SSSR count). The summed E-state index contributed by atoms with van der Waals surface area (Å²) < 4.78 is 16.6. The molecule has 0 saturated carbocycles. The summed E-state index contributed by atoms with van der Waals surface area (Å²) in [5, 5.41) is 3.03. The van der Waals surface area contributed by atoms with E-state index < -0.39 is 18.7 Å². The zero-order valence-corrected chi connectivity index (χ0v) is 10.7. The molecule has 4 nitrogen and oxygen atoms in total. The lowest BCUT2D eigenvalue weighted by Crippen LogP contribution is -2.33. The summed E-state index contributed by atoms with van der Waals surface area (Å²) in [7, 11) is 1.27. The van der Waals surface area contributed by atoms with E-state index in [0.717, 1.165) is 0 Å². The molecule has 0 aromatic heterocycles. The molecule has 0 fully saturated rings. The molecule has 0 radical (unpaired) electrons. The van der Waals surface area contributed by atoms with Crippen molar-refractivity contribution in [3.8, 4) is 0 Å². The molecule has 16 heavy (non-hydrogen) atoms. The predicted octanol–water partition coefficient (Wildman–Crippen LogP) is 1.89. The Kier molecular flexibility index (Phi) is 4.54. The fourth-order valence-electron chi connectivity index (χ4n) is 1.17. The standard InChI is InChI=1S/C10H13ClNO3P/c1-8(10(13)15-2)12-16(11,14)9-6-4-3-5-7-9/h3-8H,1-2H3,(H,12,14)/t8-,16?/m0/s1. The highest BCUT2D eigenvalue weighted by molar-refractivity contribution is 7.93. The number of benzene rings is 1. The van der Waals surface area contributed by atoms with Gasteiger partial charge in [-0.15, -0.1) is 0 Å². The highest BCUT2D eigenvalue weighted by atomic mass is 35.7. The number of rotatable bonds is 4. The van der Waals surface area contributed by atoms with Crippen molar-refractivity contribution >= 4 is 29.2 Å². The van der Waals surface area contributed by atoms with Gasteiger partial charge in [-0.2, -0.15) is 0 Å². The fraction of sp³-hybridized carbons (Fsp3) is 0.300. The summed E-state index contributed by atoms with van der Waals surface area (Å²) in [5.74, 6) is -0.503. The van der Waals surface area contributed by atoms with Crippen LogP contribution in [0, 0.1) is 0 Å². The largest absolute Gasteiger partial charge is 0.468 e. The summed E-state index contributed by atoms with van der Waals surface area (Å²) in [4.78, 5) is 11.2. The smallest absolute Gasteiger partial charge is 0.322 e. The van der Waals surface area contributed by atoms with Crippen LogP contribution in [-0.2, 0) is 14.1 Å². The maximum atomic E-state index is 12.1. The molecule has 0 aliphatic carbocycles. The Balaban J connectivity index is 2.80.